The predicted octanol–water partition coefficient (Wildman–Crippen LogP) is 0.637. The summed E-state index contributed by atoms with van der Waals surface area (Å²) in [6, 6.07) is -0.304. The minimum absolute atomic E-state index is 0.0581. The Labute approximate surface area is 127 Å². The molecule has 1 heterocycles. The van der Waals surface area contributed by atoms with Crippen molar-refractivity contribution in [2.24, 2.45) is 5.92 Å². The van der Waals surface area contributed by atoms with E-state index < -0.39 is 6.04 Å². The van der Waals surface area contributed by atoms with Crippen molar-refractivity contribution in [2.75, 3.05) is 33.2 Å². The number of hydrogen-bond donors (Lipinski definition) is 2. The fraction of sp³-hybridized carbons (Fsp3) is 0.867. The van der Waals surface area contributed by atoms with Gasteiger partial charge in [-0.3, -0.25) is 4.79 Å². The van der Waals surface area contributed by atoms with Crippen LogP contribution in [0, 0.1) is 5.92 Å². The zero-order valence-electron chi connectivity index (χ0n) is 13.4. The standard InChI is InChI=1S/C15H28N4O2/c1-11(2)10-13(17-15(21)16-12-4-5-12)14(20)19-8-6-18(3)7-9-19/h11-13H,4-10H2,1-3H3,(H2,16,17,21)/t13-/m1/s1. The Balaban J connectivity index is 1.90. The lowest BCUT2D eigenvalue weighted by molar-refractivity contribution is -0.135. The highest BCUT2D eigenvalue weighted by molar-refractivity contribution is 5.87. The number of nitrogens with zero attached hydrogens (tertiary/aromatic N) is 2. The SMILES string of the molecule is CC(C)C[C@@H](NC(=O)NC1CC1)C(=O)N1CCN(C)CC1. The third-order valence-electron chi connectivity index (χ3n) is 4.04. The zero-order valence-corrected chi connectivity index (χ0v) is 13.4. The number of amides is 3. The molecular weight excluding hydrogens is 268 g/mol. The van der Waals surface area contributed by atoms with Crippen molar-refractivity contribution in [1.82, 2.24) is 20.4 Å². The number of piperazine rings is 1. The maximum Gasteiger partial charge on any atom is 0.315 e. The fourth-order valence-electron chi connectivity index (χ4n) is 2.55. The number of nitrogens with one attached hydrogen (secondary N) is 2. The molecule has 0 aromatic carbocycles. The van der Waals surface area contributed by atoms with Gasteiger partial charge in [-0.05, 0) is 32.2 Å². The molecule has 21 heavy (non-hydrogen) atoms. The highest BCUT2D eigenvalue weighted by atomic mass is 16.2. The van der Waals surface area contributed by atoms with Crippen molar-refractivity contribution in [3.05, 3.63) is 0 Å². The molecular formula is C15H28N4O2. The molecule has 3 amide bonds. The van der Waals surface area contributed by atoms with Crippen LogP contribution in [-0.4, -0.2) is 67.0 Å². The van der Waals surface area contributed by atoms with Crippen LogP contribution in [0.25, 0.3) is 0 Å². The quantitative estimate of drug-likeness (QED) is 0.782. The molecule has 0 unspecified atom stereocenters. The van der Waals surface area contributed by atoms with Gasteiger partial charge in [-0.15, -0.1) is 0 Å². The number of hydrogen-bond acceptors (Lipinski definition) is 3. The van der Waals surface area contributed by atoms with Crippen LogP contribution in [0.4, 0.5) is 4.79 Å². The number of rotatable bonds is 5. The molecule has 2 aliphatic rings. The summed E-state index contributed by atoms with van der Waals surface area (Å²) in [6.07, 6.45) is 2.78. The average molecular weight is 296 g/mol. The Morgan fingerprint density at radius 2 is 1.76 bits per heavy atom. The molecule has 0 aromatic heterocycles. The van der Waals surface area contributed by atoms with Gasteiger partial charge in [0.2, 0.25) is 5.91 Å². The normalized spacial score (nSPS) is 21.2. The largest absolute Gasteiger partial charge is 0.338 e. The molecule has 1 aliphatic carbocycles. The Bertz CT molecular complexity index is 374. The minimum atomic E-state index is -0.410. The summed E-state index contributed by atoms with van der Waals surface area (Å²) < 4.78 is 0. The summed E-state index contributed by atoms with van der Waals surface area (Å²) in [7, 11) is 2.06. The molecule has 2 rings (SSSR count). The van der Waals surface area contributed by atoms with Crippen molar-refractivity contribution >= 4 is 11.9 Å². The second kappa shape index (κ2) is 7.11. The summed E-state index contributed by atoms with van der Waals surface area (Å²) in [5.74, 6) is 0.426. The smallest absolute Gasteiger partial charge is 0.315 e. The van der Waals surface area contributed by atoms with Crippen molar-refractivity contribution in [3.8, 4) is 0 Å². The van der Waals surface area contributed by atoms with E-state index in [0.717, 1.165) is 39.0 Å². The molecule has 1 aliphatic heterocycles. The molecule has 0 aromatic rings. The van der Waals surface area contributed by atoms with Crippen LogP contribution in [0.1, 0.15) is 33.1 Å². The van der Waals surface area contributed by atoms with E-state index in [1.165, 1.54) is 0 Å². The molecule has 6 nitrogen and oxygen atoms in total. The van der Waals surface area contributed by atoms with Gasteiger partial charge in [-0.1, -0.05) is 13.8 Å². The number of likely N-dealkylation sites (N-methyl/N-ethyl adjacent to an activating group) is 1. The molecule has 1 atom stereocenters. The van der Waals surface area contributed by atoms with Gasteiger partial charge in [0.1, 0.15) is 6.04 Å². The number of carbonyl (C=O) groups excluding carboxylic acids is 2. The maximum atomic E-state index is 12.6. The summed E-state index contributed by atoms with van der Waals surface area (Å²) in [5.41, 5.74) is 0. The van der Waals surface area contributed by atoms with Crippen LogP contribution in [-0.2, 0) is 4.79 Å². The van der Waals surface area contributed by atoms with Crippen LogP contribution in [0.5, 0.6) is 0 Å². The van der Waals surface area contributed by atoms with Crippen molar-refractivity contribution in [3.63, 3.8) is 0 Å². The molecule has 120 valence electrons. The fourth-order valence-corrected chi connectivity index (χ4v) is 2.55. The van der Waals surface area contributed by atoms with Gasteiger partial charge in [0.15, 0.2) is 0 Å². The molecule has 0 radical (unpaired) electrons. The van der Waals surface area contributed by atoms with Gasteiger partial charge >= 0.3 is 6.03 Å². The Morgan fingerprint density at radius 1 is 1.14 bits per heavy atom. The van der Waals surface area contributed by atoms with Gasteiger partial charge in [0.05, 0.1) is 0 Å². The van der Waals surface area contributed by atoms with Gasteiger partial charge in [0, 0.05) is 32.2 Å². The Hall–Kier alpha value is -1.30. The Kier molecular flexibility index (Phi) is 5.45. The molecule has 2 fully saturated rings. The maximum absolute atomic E-state index is 12.6. The van der Waals surface area contributed by atoms with Gasteiger partial charge in [-0.25, -0.2) is 4.79 Å². The van der Waals surface area contributed by atoms with E-state index >= 15 is 0 Å². The van der Waals surface area contributed by atoms with E-state index in [1.54, 1.807) is 0 Å². The summed E-state index contributed by atoms with van der Waals surface area (Å²) >= 11 is 0. The predicted molar refractivity (Wildman–Crippen MR) is 82.0 cm³/mol. The number of carbonyl (C=O) groups is 2. The monoisotopic (exact) mass is 296 g/mol. The first-order valence-electron chi connectivity index (χ1n) is 8.00. The van der Waals surface area contributed by atoms with E-state index in [-0.39, 0.29) is 11.9 Å². The van der Waals surface area contributed by atoms with Crippen LogP contribution >= 0.6 is 0 Å². The first kappa shape index (κ1) is 16.1. The van der Waals surface area contributed by atoms with Crippen LogP contribution in [0.15, 0.2) is 0 Å². The van der Waals surface area contributed by atoms with Crippen molar-refractivity contribution in [1.29, 1.82) is 0 Å². The van der Waals surface area contributed by atoms with E-state index in [1.807, 2.05) is 4.90 Å². The molecule has 1 saturated carbocycles. The lowest BCUT2D eigenvalue weighted by Gasteiger charge is -2.35. The Morgan fingerprint density at radius 3 is 2.29 bits per heavy atom. The van der Waals surface area contributed by atoms with Crippen molar-refractivity contribution in [2.45, 2.75) is 45.2 Å². The van der Waals surface area contributed by atoms with Crippen LogP contribution in [0.2, 0.25) is 0 Å². The van der Waals surface area contributed by atoms with Crippen LogP contribution in [0.3, 0.4) is 0 Å². The molecule has 2 N–H and O–H groups in total. The zero-order chi connectivity index (χ0) is 15.4. The van der Waals surface area contributed by atoms with Gasteiger partial charge in [0.25, 0.3) is 0 Å². The van der Waals surface area contributed by atoms with Gasteiger partial charge in [-0.2, -0.15) is 0 Å². The van der Waals surface area contributed by atoms with E-state index in [4.69, 9.17) is 0 Å². The molecule has 0 bridgehead atoms. The van der Waals surface area contributed by atoms with E-state index in [2.05, 4.69) is 36.4 Å². The second-order valence-electron chi connectivity index (χ2n) is 6.70. The molecule has 0 spiro atoms. The van der Waals surface area contributed by atoms with Gasteiger partial charge < -0.3 is 20.4 Å². The highest BCUT2D eigenvalue weighted by Gasteiger charge is 2.30. The summed E-state index contributed by atoms with van der Waals surface area (Å²) in [6.45, 7) is 7.43. The van der Waals surface area contributed by atoms with Crippen LogP contribution < -0.4 is 10.6 Å². The van der Waals surface area contributed by atoms with E-state index in [0.29, 0.717) is 18.4 Å². The highest BCUT2D eigenvalue weighted by Crippen LogP contribution is 2.18. The van der Waals surface area contributed by atoms with E-state index in [9.17, 15) is 9.59 Å². The first-order chi connectivity index (χ1) is 9.95. The number of urea groups is 1. The van der Waals surface area contributed by atoms with Crippen molar-refractivity contribution < 1.29 is 9.59 Å². The first-order valence-corrected chi connectivity index (χ1v) is 8.00. The molecule has 6 heteroatoms. The summed E-state index contributed by atoms with van der Waals surface area (Å²) in [4.78, 5) is 28.7. The minimum Gasteiger partial charge on any atom is -0.338 e. The lowest BCUT2D eigenvalue weighted by atomic mass is 10.0. The third kappa shape index (κ3) is 5.19. The molecule has 1 saturated heterocycles. The third-order valence-corrected chi connectivity index (χ3v) is 4.04. The summed E-state index contributed by atoms with van der Waals surface area (Å²) in [5, 5.41) is 5.77. The lowest BCUT2D eigenvalue weighted by Crippen LogP contribution is -2.56. The topological polar surface area (TPSA) is 64.7 Å². The average Bonchev–Trinajstić information content (AvgIpc) is 3.21. The second-order valence-corrected chi connectivity index (χ2v) is 6.70.